The number of halogens is 1. The van der Waals surface area contributed by atoms with Crippen LogP contribution in [-0.2, 0) is 16.9 Å². The van der Waals surface area contributed by atoms with Gasteiger partial charge in [-0.25, -0.2) is 4.39 Å². The molecule has 0 spiro atoms. The molecule has 3 heteroatoms. The second-order valence-corrected chi connectivity index (χ2v) is 6.41. The highest BCUT2D eigenvalue weighted by atomic mass is 32.2. The highest BCUT2D eigenvalue weighted by Crippen LogP contribution is 2.30. The van der Waals surface area contributed by atoms with Crippen molar-refractivity contribution >= 4 is 28.0 Å². The Balaban J connectivity index is 2.03. The van der Waals surface area contributed by atoms with Crippen molar-refractivity contribution < 1.29 is 8.94 Å². The number of hydrogen-bond acceptors (Lipinski definition) is 1. The normalized spacial score (nSPS) is 12.3. The fourth-order valence-corrected chi connectivity index (χ4v) is 3.96. The Morgan fingerprint density at radius 1 is 1.00 bits per heavy atom. The van der Waals surface area contributed by atoms with E-state index in [1.165, 1.54) is 12.1 Å². The third kappa shape index (κ3) is 2.91. The molecule has 0 aliphatic carbocycles. The molecule has 3 rings (SSSR count). The highest BCUT2D eigenvalue weighted by molar-refractivity contribution is 7.91. The molecule has 0 saturated heterocycles. The van der Waals surface area contributed by atoms with Crippen LogP contribution >= 0.6 is 0 Å². The van der Waals surface area contributed by atoms with Crippen LogP contribution in [-0.4, -0.2) is 4.55 Å². The molecule has 1 unspecified atom stereocenters. The van der Waals surface area contributed by atoms with Gasteiger partial charge in [0.05, 0.1) is 0 Å². The minimum Gasteiger partial charge on any atom is -0.611 e. The topological polar surface area (TPSA) is 23.1 Å². The molecule has 0 radical (unpaired) electrons. The van der Waals surface area contributed by atoms with Gasteiger partial charge in [-0.2, -0.15) is 0 Å². The first-order chi connectivity index (χ1) is 10.7. The van der Waals surface area contributed by atoms with E-state index >= 15 is 0 Å². The standard InChI is InChI=1S/C19H15FOS/c1-2-15-9-10-16-5-3-4-6-18(16)19(15)22(21)13-14-7-11-17(20)12-8-14/h2-12H,1,13H2. The van der Waals surface area contributed by atoms with Crippen LogP contribution in [0.5, 0.6) is 0 Å². The molecule has 0 bridgehead atoms. The van der Waals surface area contributed by atoms with E-state index in [-0.39, 0.29) is 5.82 Å². The van der Waals surface area contributed by atoms with Gasteiger partial charge in [0.25, 0.3) is 0 Å². The summed E-state index contributed by atoms with van der Waals surface area (Å²) in [5, 5.41) is 2.02. The Kier molecular flexibility index (Phi) is 4.27. The van der Waals surface area contributed by atoms with E-state index in [9.17, 15) is 8.94 Å². The lowest BCUT2D eigenvalue weighted by Gasteiger charge is -2.15. The van der Waals surface area contributed by atoms with Gasteiger partial charge < -0.3 is 4.55 Å². The molecule has 3 aromatic carbocycles. The maximum atomic E-state index is 13.0. The molecule has 0 saturated carbocycles. The number of benzene rings is 3. The highest BCUT2D eigenvalue weighted by Gasteiger charge is 2.19. The monoisotopic (exact) mass is 310 g/mol. The molecule has 0 fully saturated rings. The zero-order valence-electron chi connectivity index (χ0n) is 12.0. The van der Waals surface area contributed by atoms with Crippen LogP contribution in [0.15, 0.2) is 72.1 Å². The van der Waals surface area contributed by atoms with Crippen LogP contribution in [0.3, 0.4) is 0 Å². The third-order valence-corrected chi connectivity index (χ3v) is 5.08. The van der Waals surface area contributed by atoms with Gasteiger partial charge in [-0.05, 0) is 40.8 Å². The summed E-state index contributed by atoms with van der Waals surface area (Å²) in [5.41, 5.74) is 1.72. The van der Waals surface area contributed by atoms with Gasteiger partial charge in [0.15, 0.2) is 4.90 Å². The maximum absolute atomic E-state index is 13.0. The largest absolute Gasteiger partial charge is 0.611 e. The summed E-state index contributed by atoms with van der Waals surface area (Å²) in [7, 11) is 0. The predicted molar refractivity (Wildman–Crippen MR) is 90.6 cm³/mol. The summed E-state index contributed by atoms with van der Waals surface area (Å²) >= 11 is -1.22. The van der Waals surface area contributed by atoms with Crippen molar-refractivity contribution in [3.05, 3.63) is 84.2 Å². The van der Waals surface area contributed by atoms with Gasteiger partial charge in [-0.1, -0.05) is 49.1 Å². The molecule has 3 aromatic rings. The van der Waals surface area contributed by atoms with E-state index < -0.39 is 11.2 Å². The summed E-state index contributed by atoms with van der Waals surface area (Å²) in [4.78, 5) is 0.789. The van der Waals surface area contributed by atoms with Crippen LogP contribution in [0.25, 0.3) is 16.8 Å². The predicted octanol–water partition coefficient (Wildman–Crippen LogP) is 4.93. The minimum atomic E-state index is -1.22. The summed E-state index contributed by atoms with van der Waals surface area (Å²) in [5.74, 6) is 0.0706. The third-order valence-electron chi connectivity index (χ3n) is 3.57. The second kappa shape index (κ2) is 6.34. The Hall–Kier alpha value is -2.10. The Morgan fingerprint density at radius 3 is 2.45 bits per heavy atom. The molecule has 1 atom stereocenters. The van der Waals surface area contributed by atoms with Crippen molar-refractivity contribution in [3.8, 4) is 0 Å². The zero-order valence-corrected chi connectivity index (χ0v) is 12.8. The van der Waals surface area contributed by atoms with Gasteiger partial charge in [0.2, 0.25) is 0 Å². The zero-order chi connectivity index (χ0) is 15.5. The van der Waals surface area contributed by atoms with E-state index in [1.54, 1.807) is 18.2 Å². The van der Waals surface area contributed by atoms with E-state index in [0.717, 1.165) is 26.8 Å². The summed E-state index contributed by atoms with van der Waals surface area (Å²) in [6, 6.07) is 17.9. The number of fused-ring (bicyclic) bond motifs is 1. The lowest BCUT2D eigenvalue weighted by atomic mass is 10.1. The molecule has 0 amide bonds. The van der Waals surface area contributed by atoms with Crippen LogP contribution in [0, 0.1) is 5.82 Å². The quantitative estimate of drug-likeness (QED) is 0.627. The summed E-state index contributed by atoms with van der Waals surface area (Å²) in [6.45, 7) is 3.82. The van der Waals surface area contributed by atoms with Gasteiger partial charge in [-0.15, -0.1) is 0 Å². The second-order valence-electron chi connectivity index (χ2n) is 5.03. The van der Waals surface area contributed by atoms with Gasteiger partial charge in [-0.3, -0.25) is 0 Å². The van der Waals surface area contributed by atoms with E-state index in [0.29, 0.717) is 5.75 Å². The molecule has 1 nitrogen and oxygen atoms in total. The average Bonchev–Trinajstić information content (AvgIpc) is 2.55. The maximum Gasteiger partial charge on any atom is 0.168 e. The van der Waals surface area contributed by atoms with Crippen LogP contribution in [0.1, 0.15) is 11.1 Å². The number of hydrogen-bond donors (Lipinski definition) is 0. The Labute approximate surface area is 132 Å². The fourth-order valence-electron chi connectivity index (χ4n) is 2.48. The average molecular weight is 310 g/mol. The Morgan fingerprint density at radius 2 is 1.73 bits per heavy atom. The lowest BCUT2D eigenvalue weighted by Crippen LogP contribution is -2.08. The molecule has 0 aromatic heterocycles. The van der Waals surface area contributed by atoms with Crippen LogP contribution < -0.4 is 0 Å². The lowest BCUT2D eigenvalue weighted by molar-refractivity contribution is 0.594. The minimum absolute atomic E-state index is 0.286. The molecule has 0 aliphatic rings. The summed E-state index contributed by atoms with van der Waals surface area (Å²) in [6.07, 6.45) is 1.73. The molecular weight excluding hydrogens is 295 g/mol. The molecule has 0 heterocycles. The molecule has 0 aliphatic heterocycles. The van der Waals surface area contributed by atoms with Crippen molar-refractivity contribution in [2.24, 2.45) is 0 Å². The van der Waals surface area contributed by atoms with Crippen molar-refractivity contribution in [1.29, 1.82) is 0 Å². The van der Waals surface area contributed by atoms with Crippen molar-refractivity contribution in [2.75, 3.05) is 0 Å². The molecular formula is C19H15FOS. The van der Waals surface area contributed by atoms with Crippen LogP contribution in [0.4, 0.5) is 4.39 Å². The SMILES string of the molecule is C=Cc1ccc2ccccc2c1[S+]([O-])Cc1ccc(F)cc1. The van der Waals surface area contributed by atoms with Gasteiger partial charge >= 0.3 is 0 Å². The Bertz CT molecular complexity index is 811. The van der Waals surface area contributed by atoms with E-state index in [2.05, 4.69) is 6.58 Å². The number of rotatable bonds is 4. The smallest absolute Gasteiger partial charge is 0.168 e. The molecule has 22 heavy (non-hydrogen) atoms. The molecule has 0 N–H and O–H groups in total. The van der Waals surface area contributed by atoms with Gasteiger partial charge in [0, 0.05) is 16.5 Å². The molecule has 110 valence electrons. The van der Waals surface area contributed by atoms with Crippen molar-refractivity contribution in [2.45, 2.75) is 10.6 Å². The first-order valence-electron chi connectivity index (χ1n) is 6.96. The first kappa shape index (κ1) is 14.8. The van der Waals surface area contributed by atoms with Crippen molar-refractivity contribution in [3.63, 3.8) is 0 Å². The fraction of sp³-hybridized carbons (Fsp3) is 0.0526. The first-order valence-corrected chi connectivity index (χ1v) is 8.28. The van der Waals surface area contributed by atoms with Crippen molar-refractivity contribution in [1.82, 2.24) is 0 Å². The summed E-state index contributed by atoms with van der Waals surface area (Å²) < 4.78 is 25.8. The van der Waals surface area contributed by atoms with E-state index in [4.69, 9.17) is 0 Å². The van der Waals surface area contributed by atoms with E-state index in [1.807, 2.05) is 36.4 Å². The van der Waals surface area contributed by atoms with Gasteiger partial charge in [0.1, 0.15) is 11.6 Å². The van der Waals surface area contributed by atoms with Crippen LogP contribution in [0.2, 0.25) is 0 Å².